The summed E-state index contributed by atoms with van der Waals surface area (Å²) in [5.41, 5.74) is 1.50. The third kappa shape index (κ3) is 3.58. The van der Waals surface area contributed by atoms with Crippen LogP contribution < -0.4 is 5.32 Å². The maximum Gasteiger partial charge on any atom is 0.325 e. The van der Waals surface area contributed by atoms with Gasteiger partial charge in [0.05, 0.1) is 6.61 Å². The Morgan fingerprint density at radius 1 is 1.53 bits per heavy atom. The summed E-state index contributed by atoms with van der Waals surface area (Å²) in [5.74, 6) is -0.673. The Balaban J connectivity index is 2.57. The van der Waals surface area contributed by atoms with Crippen molar-refractivity contribution in [3.05, 3.63) is 29.6 Å². The minimum atomic E-state index is -0.346. The molecule has 0 spiro atoms. The Labute approximate surface area is 88.2 Å². The molecule has 0 atom stereocenters. The van der Waals surface area contributed by atoms with Crippen LogP contribution >= 0.6 is 0 Å². The van der Waals surface area contributed by atoms with Crippen molar-refractivity contribution in [1.82, 2.24) is 0 Å². The number of carbonyl (C=O) groups excluding carboxylic acids is 1. The van der Waals surface area contributed by atoms with Crippen LogP contribution in [-0.4, -0.2) is 19.1 Å². The first-order valence-corrected chi connectivity index (χ1v) is 4.79. The van der Waals surface area contributed by atoms with Crippen LogP contribution in [0.3, 0.4) is 0 Å². The fraction of sp³-hybridized carbons (Fsp3) is 0.364. The van der Waals surface area contributed by atoms with Gasteiger partial charge in [-0.3, -0.25) is 4.79 Å². The van der Waals surface area contributed by atoms with Crippen LogP contribution in [0.15, 0.2) is 18.2 Å². The number of halogens is 1. The van der Waals surface area contributed by atoms with E-state index in [0.717, 1.165) is 5.56 Å². The summed E-state index contributed by atoms with van der Waals surface area (Å²) in [4.78, 5) is 11.0. The number of rotatable bonds is 4. The third-order valence-electron chi connectivity index (χ3n) is 1.93. The Bertz CT molecular complexity index is 352. The topological polar surface area (TPSA) is 38.3 Å². The molecule has 3 nitrogen and oxygen atoms in total. The molecule has 0 heterocycles. The van der Waals surface area contributed by atoms with Crippen LogP contribution in [0.2, 0.25) is 0 Å². The third-order valence-corrected chi connectivity index (χ3v) is 1.93. The molecular weight excluding hydrogens is 197 g/mol. The van der Waals surface area contributed by atoms with E-state index in [4.69, 9.17) is 4.74 Å². The van der Waals surface area contributed by atoms with E-state index in [1.54, 1.807) is 13.0 Å². The van der Waals surface area contributed by atoms with Crippen molar-refractivity contribution in [3.8, 4) is 0 Å². The summed E-state index contributed by atoms with van der Waals surface area (Å²) in [7, 11) is 0. The van der Waals surface area contributed by atoms with Crippen molar-refractivity contribution in [2.24, 2.45) is 0 Å². The fourth-order valence-corrected chi connectivity index (χ4v) is 1.16. The minimum Gasteiger partial charge on any atom is -0.465 e. The fourth-order valence-electron chi connectivity index (χ4n) is 1.16. The molecule has 0 bridgehead atoms. The van der Waals surface area contributed by atoms with E-state index in [1.165, 1.54) is 12.1 Å². The number of ether oxygens (including phenoxy) is 1. The maximum atomic E-state index is 12.9. The summed E-state index contributed by atoms with van der Waals surface area (Å²) in [5, 5.41) is 2.82. The molecule has 1 aromatic carbocycles. The van der Waals surface area contributed by atoms with Crippen LogP contribution in [0.25, 0.3) is 0 Å². The normalized spacial score (nSPS) is 9.80. The highest BCUT2D eigenvalue weighted by molar-refractivity contribution is 5.75. The molecule has 4 heteroatoms. The zero-order chi connectivity index (χ0) is 11.3. The average Bonchev–Trinajstić information content (AvgIpc) is 2.20. The monoisotopic (exact) mass is 211 g/mol. The molecule has 82 valence electrons. The lowest BCUT2D eigenvalue weighted by Gasteiger charge is -2.08. The zero-order valence-electron chi connectivity index (χ0n) is 8.84. The Hall–Kier alpha value is -1.58. The van der Waals surface area contributed by atoms with Gasteiger partial charge in [-0.15, -0.1) is 0 Å². The number of nitrogens with one attached hydrogen (secondary N) is 1. The number of anilines is 1. The molecule has 0 aliphatic heterocycles. The molecule has 0 aliphatic carbocycles. The van der Waals surface area contributed by atoms with E-state index >= 15 is 0 Å². The zero-order valence-corrected chi connectivity index (χ0v) is 8.84. The Morgan fingerprint density at radius 3 is 2.93 bits per heavy atom. The molecule has 0 saturated heterocycles. The molecule has 0 amide bonds. The van der Waals surface area contributed by atoms with E-state index in [-0.39, 0.29) is 18.3 Å². The molecule has 0 saturated carbocycles. The lowest BCUT2D eigenvalue weighted by molar-refractivity contribution is -0.140. The second kappa shape index (κ2) is 5.34. The minimum absolute atomic E-state index is 0.0537. The van der Waals surface area contributed by atoms with Crippen molar-refractivity contribution < 1.29 is 13.9 Å². The number of esters is 1. The summed E-state index contributed by atoms with van der Waals surface area (Å²) >= 11 is 0. The predicted molar refractivity (Wildman–Crippen MR) is 56.3 cm³/mol. The second-order valence-corrected chi connectivity index (χ2v) is 3.12. The first-order chi connectivity index (χ1) is 7.13. The summed E-state index contributed by atoms with van der Waals surface area (Å²) < 4.78 is 17.6. The van der Waals surface area contributed by atoms with Gasteiger partial charge >= 0.3 is 5.97 Å². The van der Waals surface area contributed by atoms with E-state index in [0.29, 0.717) is 12.3 Å². The van der Waals surface area contributed by atoms with Crippen LogP contribution in [-0.2, 0) is 9.53 Å². The molecule has 1 N–H and O–H groups in total. The highest BCUT2D eigenvalue weighted by Gasteiger charge is 2.03. The van der Waals surface area contributed by atoms with Gasteiger partial charge in [-0.25, -0.2) is 4.39 Å². The smallest absolute Gasteiger partial charge is 0.325 e. The van der Waals surface area contributed by atoms with Gasteiger partial charge in [0.1, 0.15) is 12.4 Å². The Kier molecular flexibility index (Phi) is 4.09. The second-order valence-electron chi connectivity index (χ2n) is 3.12. The molecule has 15 heavy (non-hydrogen) atoms. The van der Waals surface area contributed by atoms with Crippen molar-refractivity contribution in [2.45, 2.75) is 13.8 Å². The Morgan fingerprint density at radius 2 is 2.27 bits per heavy atom. The summed E-state index contributed by atoms with van der Waals surface area (Å²) in [6.45, 7) is 3.99. The van der Waals surface area contributed by atoms with E-state index < -0.39 is 0 Å². The number of aryl methyl sites for hydroxylation is 1. The van der Waals surface area contributed by atoms with Gasteiger partial charge in [-0.05, 0) is 31.5 Å². The highest BCUT2D eigenvalue weighted by Crippen LogP contribution is 2.15. The molecule has 0 unspecified atom stereocenters. The van der Waals surface area contributed by atoms with Crippen LogP contribution in [0, 0.1) is 12.7 Å². The summed E-state index contributed by atoms with van der Waals surface area (Å²) in [6, 6.07) is 4.39. The standard InChI is InChI=1S/C11H14FNO2/c1-3-15-11(14)7-13-10-6-9(12)5-4-8(10)2/h4-6,13H,3,7H2,1-2H3. The largest absolute Gasteiger partial charge is 0.465 e. The lowest BCUT2D eigenvalue weighted by Crippen LogP contribution is -2.17. The number of carbonyl (C=O) groups is 1. The summed E-state index contributed by atoms with van der Waals surface area (Å²) in [6.07, 6.45) is 0. The van der Waals surface area contributed by atoms with Crippen molar-refractivity contribution in [1.29, 1.82) is 0 Å². The van der Waals surface area contributed by atoms with Crippen molar-refractivity contribution in [3.63, 3.8) is 0 Å². The van der Waals surface area contributed by atoms with Gasteiger partial charge < -0.3 is 10.1 Å². The maximum absolute atomic E-state index is 12.9. The molecule has 1 aromatic rings. The van der Waals surface area contributed by atoms with Gasteiger partial charge in [0.25, 0.3) is 0 Å². The molecule has 1 rings (SSSR count). The molecule has 0 radical (unpaired) electrons. The lowest BCUT2D eigenvalue weighted by atomic mass is 10.2. The molecule has 0 aliphatic rings. The van der Waals surface area contributed by atoms with Crippen LogP contribution in [0.1, 0.15) is 12.5 Å². The van der Waals surface area contributed by atoms with Gasteiger partial charge in [0.2, 0.25) is 0 Å². The number of benzene rings is 1. The van der Waals surface area contributed by atoms with E-state index in [9.17, 15) is 9.18 Å². The van der Waals surface area contributed by atoms with Crippen LogP contribution in [0.4, 0.5) is 10.1 Å². The average molecular weight is 211 g/mol. The van der Waals surface area contributed by atoms with Crippen LogP contribution in [0.5, 0.6) is 0 Å². The quantitative estimate of drug-likeness (QED) is 0.775. The van der Waals surface area contributed by atoms with Gasteiger partial charge in [-0.1, -0.05) is 6.07 Å². The molecular formula is C11H14FNO2. The predicted octanol–water partition coefficient (Wildman–Crippen LogP) is 2.11. The van der Waals surface area contributed by atoms with Gasteiger partial charge in [0.15, 0.2) is 0 Å². The van der Waals surface area contributed by atoms with Gasteiger partial charge in [0, 0.05) is 5.69 Å². The van der Waals surface area contributed by atoms with Crippen molar-refractivity contribution in [2.75, 3.05) is 18.5 Å². The number of hydrogen-bond acceptors (Lipinski definition) is 3. The van der Waals surface area contributed by atoms with Crippen molar-refractivity contribution >= 4 is 11.7 Å². The molecule has 0 aromatic heterocycles. The first-order valence-electron chi connectivity index (χ1n) is 4.79. The number of hydrogen-bond donors (Lipinski definition) is 1. The van der Waals surface area contributed by atoms with E-state index in [2.05, 4.69) is 5.32 Å². The first kappa shape index (κ1) is 11.5. The highest BCUT2D eigenvalue weighted by atomic mass is 19.1. The molecule has 0 fully saturated rings. The van der Waals surface area contributed by atoms with E-state index in [1.807, 2.05) is 6.92 Å². The van der Waals surface area contributed by atoms with Gasteiger partial charge in [-0.2, -0.15) is 0 Å². The SMILES string of the molecule is CCOC(=O)CNc1cc(F)ccc1C.